The van der Waals surface area contributed by atoms with Gasteiger partial charge in [0, 0.05) is 12.1 Å². The Labute approximate surface area is 131 Å². The second kappa shape index (κ2) is 6.30. The van der Waals surface area contributed by atoms with Gasteiger partial charge in [0.15, 0.2) is 0 Å². The van der Waals surface area contributed by atoms with E-state index >= 15 is 0 Å². The van der Waals surface area contributed by atoms with Crippen LogP contribution in [-0.4, -0.2) is 15.3 Å². The summed E-state index contributed by atoms with van der Waals surface area (Å²) < 4.78 is 0. The van der Waals surface area contributed by atoms with E-state index < -0.39 is 0 Å². The second-order valence-electron chi connectivity index (χ2n) is 4.57. The van der Waals surface area contributed by atoms with Crippen molar-refractivity contribution >= 4 is 28.6 Å². The van der Waals surface area contributed by atoms with E-state index in [0.29, 0.717) is 11.6 Å². The van der Waals surface area contributed by atoms with Crippen LogP contribution in [0.1, 0.15) is 11.1 Å². The lowest BCUT2D eigenvalue weighted by atomic mass is 10.2. The van der Waals surface area contributed by atoms with E-state index in [9.17, 15) is 5.11 Å². The first-order valence-electron chi connectivity index (χ1n) is 6.47. The normalized spacial score (nSPS) is 10.8. The standard InChI is InChI=1S/C15H14ClN3OS/c16-12-4-3-10(9-20)6-13(12)17-7-11-8-18-19-15(11)14-2-1-5-21-14/h1-6,8,17,20H,7,9H2,(H,18,19). The molecule has 0 aliphatic carbocycles. The molecule has 2 aromatic heterocycles. The lowest BCUT2D eigenvalue weighted by molar-refractivity contribution is 0.282. The van der Waals surface area contributed by atoms with Crippen molar-refractivity contribution in [1.82, 2.24) is 10.2 Å². The monoisotopic (exact) mass is 319 g/mol. The number of H-pyrrole nitrogens is 1. The first-order chi connectivity index (χ1) is 10.3. The minimum Gasteiger partial charge on any atom is -0.392 e. The molecule has 3 aromatic rings. The van der Waals surface area contributed by atoms with Gasteiger partial charge < -0.3 is 10.4 Å². The van der Waals surface area contributed by atoms with E-state index in [-0.39, 0.29) is 6.61 Å². The fourth-order valence-electron chi connectivity index (χ4n) is 2.08. The van der Waals surface area contributed by atoms with E-state index in [1.807, 2.05) is 29.8 Å². The van der Waals surface area contributed by atoms with E-state index in [0.717, 1.165) is 27.4 Å². The summed E-state index contributed by atoms with van der Waals surface area (Å²) >= 11 is 7.83. The Morgan fingerprint density at radius 2 is 2.24 bits per heavy atom. The Morgan fingerprint density at radius 1 is 1.33 bits per heavy atom. The van der Waals surface area contributed by atoms with Crippen LogP contribution in [0.2, 0.25) is 5.02 Å². The number of nitrogens with one attached hydrogen (secondary N) is 2. The maximum absolute atomic E-state index is 9.19. The fourth-order valence-corrected chi connectivity index (χ4v) is 3.02. The van der Waals surface area contributed by atoms with Gasteiger partial charge in [0.05, 0.1) is 34.1 Å². The first kappa shape index (κ1) is 14.1. The largest absolute Gasteiger partial charge is 0.392 e. The van der Waals surface area contributed by atoms with E-state index in [4.69, 9.17) is 11.6 Å². The number of benzene rings is 1. The summed E-state index contributed by atoms with van der Waals surface area (Å²) in [5.41, 5.74) is 3.73. The third-order valence-corrected chi connectivity index (χ3v) is 4.39. The van der Waals surface area contributed by atoms with Gasteiger partial charge in [0.1, 0.15) is 0 Å². The SMILES string of the molecule is OCc1ccc(Cl)c(NCc2cn[nH]c2-c2cccs2)c1. The van der Waals surface area contributed by atoms with Gasteiger partial charge in [-0.1, -0.05) is 23.7 Å². The van der Waals surface area contributed by atoms with Crippen molar-refractivity contribution in [2.24, 2.45) is 0 Å². The van der Waals surface area contributed by atoms with E-state index in [2.05, 4.69) is 21.6 Å². The van der Waals surface area contributed by atoms with Crippen molar-refractivity contribution in [1.29, 1.82) is 0 Å². The van der Waals surface area contributed by atoms with E-state index in [1.54, 1.807) is 17.4 Å². The molecule has 0 aliphatic heterocycles. The Balaban J connectivity index is 1.78. The molecule has 3 N–H and O–H groups in total. The van der Waals surface area contributed by atoms with Crippen LogP contribution in [0.3, 0.4) is 0 Å². The molecule has 1 aromatic carbocycles. The zero-order valence-electron chi connectivity index (χ0n) is 11.1. The molecule has 108 valence electrons. The Morgan fingerprint density at radius 3 is 3.00 bits per heavy atom. The number of nitrogens with zero attached hydrogens (tertiary/aromatic N) is 1. The summed E-state index contributed by atoms with van der Waals surface area (Å²) in [7, 11) is 0. The average Bonchev–Trinajstić information content (AvgIpc) is 3.17. The lowest BCUT2D eigenvalue weighted by Crippen LogP contribution is -2.01. The summed E-state index contributed by atoms with van der Waals surface area (Å²) in [5, 5.41) is 22.3. The number of aliphatic hydroxyl groups is 1. The number of aromatic amines is 1. The maximum Gasteiger partial charge on any atom is 0.0799 e. The molecule has 0 unspecified atom stereocenters. The van der Waals surface area contributed by atoms with Crippen LogP contribution in [0.15, 0.2) is 41.9 Å². The molecule has 0 amide bonds. The van der Waals surface area contributed by atoms with Crippen molar-refractivity contribution in [3.8, 4) is 10.6 Å². The number of thiophene rings is 1. The van der Waals surface area contributed by atoms with E-state index in [1.165, 1.54) is 0 Å². The molecule has 0 atom stereocenters. The number of halogens is 1. The van der Waals surface area contributed by atoms with Gasteiger partial charge >= 0.3 is 0 Å². The summed E-state index contributed by atoms with van der Waals surface area (Å²) in [5.74, 6) is 0. The topological polar surface area (TPSA) is 60.9 Å². The number of hydrogen-bond donors (Lipinski definition) is 3. The Bertz CT molecular complexity index is 724. The highest BCUT2D eigenvalue weighted by Gasteiger charge is 2.09. The van der Waals surface area contributed by atoms with Gasteiger partial charge in [-0.3, -0.25) is 5.10 Å². The lowest BCUT2D eigenvalue weighted by Gasteiger charge is -2.09. The van der Waals surface area contributed by atoms with Crippen LogP contribution >= 0.6 is 22.9 Å². The molecule has 0 bridgehead atoms. The van der Waals surface area contributed by atoms with Crippen LogP contribution in [0.25, 0.3) is 10.6 Å². The molecule has 6 heteroatoms. The van der Waals surface area contributed by atoms with Gasteiger partial charge in [-0.2, -0.15) is 5.10 Å². The number of aromatic nitrogens is 2. The third-order valence-electron chi connectivity index (χ3n) is 3.17. The molecule has 21 heavy (non-hydrogen) atoms. The summed E-state index contributed by atoms with van der Waals surface area (Å²) in [6.45, 7) is 0.607. The number of rotatable bonds is 5. The van der Waals surface area contributed by atoms with Gasteiger partial charge in [0.2, 0.25) is 0 Å². The predicted octanol–water partition coefficient (Wildman–Crippen LogP) is 3.90. The zero-order chi connectivity index (χ0) is 14.7. The molecule has 0 radical (unpaired) electrons. The molecule has 0 aliphatic rings. The third kappa shape index (κ3) is 3.10. The van der Waals surface area contributed by atoms with Gasteiger partial charge in [-0.05, 0) is 29.1 Å². The molecular formula is C15H14ClN3OS. The van der Waals surface area contributed by atoms with Crippen LogP contribution in [-0.2, 0) is 13.2 Å². The maximum atomic E-state index is 9.19. The summed E-state index contributed by atoms with van der Waals surface area (Å²) in [6.07, 6.45) is 1.81. The molecule has 0 spiro atoms. The van der Waals surface area contributed by atoms with Crippen LogP contribution in [0.5, 0.6) is 0 Å². The van der Waals surface area contributed by atoms with Gasteiger partial charge in [-0.15, -0.1) is 11.3 Å². The summed E-state index contributed by atoms with van der Waals surface area (Å²) in [4.78, 5) is 1.15. The smallest absolute Gasteiger partial charge is 0.0799 e. The molecule has 0 saturated carbocycles. The fraction of sp³-hybridized carbons (Fsp3) is 0.133. The van der Waals surface area contributed by atoms with Crippen molar-refractivity contribution in [2.45, 2.75) is 13.2 Å². The first-order valence-corrected chi connectivity index (χ1v) is 7.73. The molecular weight excluding hydrogens is 306 g/mol. The molecule has 2 heterocycles. The van der Waals surface area contributed by atoms with Crippen LogP contribution in [0.4, 0.5) is 5.69 Å². The van der Waals surface area contributed by atoms with Crippen molar-refractivity contribution in [3.63, 3.8) is 0 Å². The van der Waals surface area contributed by atoms with Gasteiger partial charge in [-0.25, -0.2) is 0 Å². The average molecular weight is 320 g/mol. The minimum atomic E-state index is -0.00198. The summed E-state index contributed by atoms with van der Waals surface area (Å²) in [6, 6.07) is 9.52. The minimum absolute atomic E-state index is 0.00198. The predicted molar refractivity (Wildman–Crippen MR) is 86.6 cm³/mol. The van der Waals surface area contributed by atoms with Crippen molar-refractivity contribution in [3.05, 3.63) is 58.1 Å². The highest BCUT2D eigenvalue weighted by Crippen LogP contribution is 2.28. The highest BCUT2D eigenvalue weighted by atomic mass is 35.5. The molecule has 0 saturated heterocycles. The molecule has 0 fully saturated rings. The second-order valence-corrected chi connectivity index (χ2v) is 5.93. The molecule has 3 rings (SSSR count). The number of aliphatic hydroxyl groups excluding tert-OH is 1. The number of hydrogen-bond acceptors (Lipinski definition) is 4. The number of anilines is 1. The van der Waals surface area contributed by atoms with Gasteiger partial charge in [0.25, 0.3) is 0 Å². The molecule has 4 nitrogen and oxygen atoms in total. The Kier molecular flexibility index (Phi) is 4.24. The van der Waals surface area contributed by atoms with Crippen molar-refractivity contribution in [2.75, 3.05) is 5.32 Å². The zero-order valence-corrected chi connectivity index (χ0v) is 12.7. The van der Waals surface area contributed by atoms with Crippen molar-refractivity contribution < 1.29 is 5.11 Å². The Hall–Kier alpha value is -1.82. The van der Waals surface area contributed by atoms with Crippen LogP contribution in [0, 0.1) is 0 Å². The quantitative estimate of drug-likeness (QED) is 0.668. The van der Waals surface area contributed by atoms with Crippen LogP contribution < -0.4 is 5.32 Å². The highest BCUT2D eigenvalue weighted by molar-refractivity contribution is 7.13.